The number of allylic oxidation sites excluding steroid dienone is 1. The number of rotatable bonds is 11. The number of nitrogens with zero attached hydrogens (tertiary/aromatic N) is 3. The van der Waals surface area contributed by atoms with Crippen LogP contribution in [0.2, 0.25) is 0 Å². The molecule has 2 aliphatic carbocycles. The molecule has 2 heterocycles. The Morgan fingerprint density at radius 2 is 1.94 bits per heavy atom. The molecule has 1 amide bonds. The minimum Gasteiger partial charge on any atom is -0.357 e. The summed E-state index contributed by atoms with van der Waals surface area (Å²) in [4.78, 5) is 23.9. The lowest BCUT2D eigenvalue weighted by Crippen LogP contribution is -2.35. The molecule has 1 saturated heterocycles. The number of hydrogen-bond acceptors (Lipinski definition) is 5. The van der Waals surface area contributed by atoms with Gasteiger partial charge in [-0.15, -0.1) is 0 Å². The highest BCUT2D eigenvalue weighted by atomic mass is 16.1. The van der Waals surface area contributed by atoms with Gasteiger partial charge in [-0.1, -0.05) is 19.1 Å². The van der Waals surface area contributed by atoms with Crippen molar-refractivity contribution in [2.75, 3.05) is 36.4 Å². The number of carbonyl (C=O) groups excluding carboxylic acids is 1. The van der Waals surface area contributed by atoms with E-state index in [-0.39, 0.29) is 11.8 Å². The summed E-state index contributed by atoms with van der Waals surface area (Å²) in [5.74, 6) is 3.63. The molecule has 184 valence electrons. The van der Waals surface area contributed by atoms with Gasteiger partial charge in [0, 0.05) is 32.1 Å². The molecule has 0 spiro atoms. The van der Waals surface area contributed by atoms with E-state index in [9.17, 15) is 4.79 Å². The average Bonchev–Trinajstić information content (AvgIpc) is 3.64. The minimum absolute atomic E-state index is 0.207. The van der Waals surface area contributed by atoms with Crippen LogP contribution in [0.3, 0.4) is 0 Å². The summed E-state index contributed by atoms with van der Waals surface area (Å²) in [6.07, 6.45) is 14.3. The summed E-state index contributed by atoms with van der Waals surface area (Å²) < 4.78 is 0. The summed E-state index contributed by atoms with van der Waals surface area (Å²) in [7, 11) is 0. The topological polar surface area (TPSA) is 81.6 Å². The van der Waals surface area contributed by atoms with Gasteiger partial charge in [0.25, 0.3) is 0 Å². The maximum Gasteiger partial charge on any atom is 0.223 e. The van der Waals surface area contributed by atoms with Crippen LogP contribution in [0.25, 0.3) is 0 Å². The average molecular weight is 465 g/mol. The highest BCUT2D eigenvalue weighted by molar-refractivity contribution is 6.00. The number of piperidine rings is 1. The second-order valence-electron chi connectivity index (χ2n) is 9.70. The molecule has 1 aliphatic heterocycles. The van der Waals surface area contributed by atoms with Crippen LogP contribution in [-0.2, 0) is 4.79 Å². The van der Waals surface area contributed by atoms with E-state index in [2.05, 4.69) is 57.5 Å². The first-order valence-corrected chi connectivity index (χ1v) is 13.1. The lowest BCUT2D eigenvalue weighted by molar-refractivity contribution is -0.127. The molecule has 0 bridgehead atoms. The molecule has 4 rings (SSSR count). The monoisotopic (exact) mass is 464 g/mol. The molecule has 0 atom stereocenters. The molecule has 0 radical (unpaired) electrons. The molecule has 3 fully saturated rings. The van der Waals surface area contributed by atoms with Gasteiger partial charge in [0.2, 0.25) is 5.91 Å². The Hall–Kier alpha value is -2.83. The number of aliphatic imine (C=N–C) groups is 1. The fourth-order valence-electron chi connectivity index (χ4n) is 4.58. The van der Waals surface area contributed by atoms with Crippen molar-refractivity contribution in [1.29, 1.82) is 0 Å². The third-order valence-electron chi connectivity index (χ3n) is 6.97. The van der Waals surface area contributed by atoms with E-state index in [4.69, 9.17) is 4.99 Å². The van der Waals surface area contributed by atoms with Crippen molar-refractivity contribution < 1.29 is 4.79 Å². The Labute approximate surface area is 204 Å². The normalized spacial score (nSPS) is 19.4. The van der Waals surface area contributed by atoms with Crippen LogP contribution >= 0.6 is 0 Å². The highest BCUT2D eigenvalue weighted by Gasteiger charge is 2.29. The van der Waals surface area contributed by atoms with Gasteiger partial charge < -0.3 is 20.9 Å². The number of aromatic nitrogens is 1. The van der Waals surface area contributed by atoms with Crippen molar-refractivity contribution in [2.24, 2.45) is 16.8 Å². The van der Waals surface area contributed by atoms with Crippen LogP contribution in [0.4, 0.5) is 11.5 Å². The third kappa shape index (κ3) is 6.84. The summed E-state index contributed by atoms with van der Waals surface area (Å²) >= 11 is 0. The molecule has 0 unspecified atom stereocenters. The van der Waals surface area contributed by atoms with Crippen molar-refractivity contribution in [1.82, 2.24) is 15.6 Å². The zero-order valence-corrected chi connectivity index (χ0v) is 20.6. The molecule has 3 aliphatic rings. The van der Waals surface area contributed by atoms with Crippen molar-refractivity contribution >= 4 is 23.2 Å². The fraction of sp³-hybridized carbons (Fsp3) is 0.593. The summed E-state index contributed by atoms with van der Waals surface area (Å²) in [5.41, 5.74) is 2.16. The van der Waals surface area contributed by atoms with Crippen LogP contribution < -0.4 is 20.9 Å². The molecule has 2 saturated carbocycles. The van der Waals surface area contributed by atoms with E-state index >= 15 is 0 Å². The van der Waals surface area contributed by atoms with Gasteiger partial charge in [-0.3, -0.25) is 9.79 Å². The second-order valence-corrected chi connectivity index (χ2v) is 9.70. The molecule has 1 aromatic rings. The molecule has 1 aromatic heterocycles. The standard InChI is InChI=1S/C27H40N6O/c1-3-24(21-11-12-21)26(28-15-8-16-29-27(34)22-9-7-10-22)32-20(2)31-23-13-14-25(30-19-23)33-17-5-4-6-18-33/h3,13-14,19,21-22,31H,2,4-12,15-18H2,1H3,(H,28,32)(H,29,34)/b24-3-. The zero-order chi connectivity index (χ0) is 23.8. The van der Waals surface area contributed by atoms with E-state index in [1.54, 1.807) is 0 Å². The predicted molar refractivity (Wildman–Crippen MR) is 140 cm³/mol. The van der Waals surface area contributed by atoms with E-state index < -0.39 is 0 Å². The van der Waals surface area contributed by atoms with Gasteiger partial charge in [0.15, 0.2) is 0 Å². The Balaban J connectivity index is 1.28. The number of pyridine rings is 1. The second kappa shape index (κ2) is 12.0. The maximum absolute atomic E-state index is 12.0. The van der Waals surface area contributed by atoms with E-state index in [0.29, 0.717) is 24.8 Å². The van der Waals surface area contributed by atoms with Crippen LogP contribution in [0.1, 0.15) is 64.7 Å². The van der Waals surface area contributed by atoms with Crippen molar-refractivity contribution in [3.05, 3.63) is 42.4 Å². The Morgan fingerprint density at radius 3 is 2.56 bits per heavy atom. The molecule has 3 N–H and O–H groups in total. The zero-order valence-electron chi connectivity index (χ0n) is 20.6. The first-order valence-electron chi connectivity index (χ1n) is 13.1. The van der Waals surface area contributed by atoms with Gasteiger partial charge in [-0.05, 0) is 81.9 Å². The van der Waals surface area contributed by atoms with Gasteiger partial charge in [-0.25, -0.2) is 4.98 Å². The molecule has 7 heteroatoms. The molecule has 0 aromatic carbocycles. The number of hydrogen-bond donors (Lipinski definition) is 3. The number of anilines is 2. The SMILES string of the molecule is C=C(NC(=NCCCNC(=O)C1CCC1)/C(=C\C)C1CC1)Nc1ccc(N2CCCCC2)nc1. The lowest BCUT2D eigenvalue weighted by atomic mass is 9.85. The fourth-order valence-corrected chi connectivity index (χ4v) is 4.58. The smallest absolute Gasteiger partial charge is 0.223 e. The van der Waals surface area contributed by atoms with Gasteiger partial charge in [-0.2, -0.15) is 0 Å². The first kappa shape index (κ1) is 24.3. The van der Waals surface area contributed by atoms with Crippen LogP contribution in [0.5, 0.6) is 0 Å². The predicted octanol–water partition coefficient (Wildman–Crippen LogP) is 4.61. The largest absolute Gasteiger partial charge is 0.357 e. The van der Waals surface area contributed by atoms with Crippen LogP contribution in [-0.4, -0.2) is 42.9 Å². The molecular formula is C27H40N6O. The van der Waals surface area contributed by atoms with E-state index in [1.165, 1.54) is 44.1 Å². The van der Waals surface area contributed by atoms with Crippen molar-refractivity contribution in [2.45, 2.75) is 64.7 Å². The van der Waals surface area contributed by atoms with Gasteiger partial charge in [0.1, 0.15) is 17.5 Å². The molecule has 34 heavy (non-hydrogen) atoms. The van der Waals surface area contributed by atoms with Crippen molar-refractivity contribution in [3.8, 4) is 0 Å². The van der Waals surface area contributed by atoms with E-state index in [0.717, 1.165) is 49.7 Å². The Bertz CT molecular complexity index is 892. The quantitative estimate of drug-likeness (QED) is 0.253. The third-order valence-corrected chi connectivity index (χ3v) is 6.97. The number of carbonyl (C=O) groups is 1. The van der Waals surface area contributed by atoms with Crippen LogP contribution in [0.15, 0.2) is 47.4 Å². The first-order chi connectivity index (χ1) is 16.6. The Kier molecular flexibility index (Phi) is 8.61. The number of amides is 1. The number of nitrogens with one attached hydrogen (secondary N) is 3. The van der Waals surface area contributed by atoms with Crippen molar-refractivity contribution in [3.63, 3.8) is 0 Å². The maximum atomic E-state index is 12.0. The van der Waals surface area contributed by atoms with Crippen LogP contribution in [0, 0.1) is 11.8 Å². The number of amidine groups is 1. The molecule has 7 nitrogen and oxygen atoms in total. The van der Waals surface area contributed by atoms with Gasteiger partial charge >= 0.3 is 0 Å². The summed E-state index contributed by atoms with van der Waals surface area (Å²) in [5, 5.41) is 9.79. The molecular weight excluding hydrogens is 424 g/mol. The minimum atomic E-state index is 0.207. The van der Waals surface area contributed by atoms with Gasteiger partial charge in [0.05, 0.1) is 11.9 Å². The summed E-state index contributed by atoms with van der Waals surface area (Å²) in [6, 6.07) is 4.14. The highest BCUT2D eigenvalue weighted by Crippen LogP contribution is 2.37. The lowest BCUT2D eigenvalue weighted by Gasteiger charge is -2.27. The summed E-state index contributed by atoms with van der Waals surface area (Å²) in [6.45, 7) is 9.76. The van der Waals surface area contributed by atoms with E-state index in [1.807, 2.05) is 6.20 Å². The Morgan fingerprint density at radius 1 is 1.15 bits per heavy atom.